The molecule has 0 unspecified atom stereocenters. The summed E-state index contributed by atoms with van der Waals surface area (Å²) in [5.41, 5.74) is 1.48. The van der Waals surface area contributed by atoms with Crippen molar-refractivity contribution < 1.29 is 28.2 Å². The maximum absolute atomic E-state index is 13.8. The number of ether oxygens (including phenoxy) is 3. The molecular weight excluding hydrogens is 548 g/mol. The molecule has 1 aromatic heterocycles. The summed E-state index contributed by atoms with van der Waals surface area (Å²) < 4.78 is 21.8. The highest BCUT2D eigenvalue weighted by Crippen LogP contribution is 2.33. The summed E-state index contributed by atoms with van der Waals surface area (Å²) in [5, 5.41) is 0.707. The van der Waals surface area contributed by atoms with Crippen LogP contribution in [0.25, 0.3) is 11.0 Å². The zero-order valence-corrected chi connectivity index (χ0v) is 23.1. The molecule has 2 amide bonds. The van der Waals surface area contributed by atoms with E-state index in [1.165, 1.54) is 29.2 Å². The Hall–Kier alpha value is -4.76. The predicted octanol–water partition coefficient (Wildman–Crippen LogP) is 5.04. The third-order valence-corrected chi connectivity index (χ3v) is 6.84. The molecule has 2 heterocycles. The van der Waals surface area contributed by atoms with Gasteiger partial charge in [-0.2, -0.15) is 0 Å². The molecule has 3 aromatic carbocycles. The van der Waals surface area contributed by atoms with Gasteiger partial charge in [0.05, 0.1) is 30.9 Å². The summed E-state index contributed by atoms with van der Waals surface area (Å²) in [6, 6.07) is 16.9. The van der Waals surface area contributed by atoms with E-state index in [-0.39, 0.29) is 55.8 Å². The molecule has 0 fully saturated rings. The van der Waals surface area contributed by atoms with Crippen LogP contribution in [-0.2, 0) is 17.9 Å². The lowest BCUT2D eigenvalue weighted by Crippen LogP contribution is -2.43. The van der Waals surface area contributed by atoms with E-state index < -0.39 is 0 Å². The first-order valence-corrected chi connectivity index (χ1v) is 13.1. The van der Waals surface area contributed by atoms with Gasteiger partial charge in [0.15, 0.2) is 16.9 Å². The molecule has 0 aliphatic carbocycles. The molecule has 1 aliphatic rings. The van der Waals surface area contributed by atoms with Gasteiger partial charge in [-0.1, -0.05) is 29.8 Å². The van der Waals surface area contributed by atoms with Gasteiger partial charge in [-0.3, -0.25) is 14.4 Å². The number of hydrogen-bond acceptors (Lipinski definition) is 7. The van der Waals surface area contributed by atoms with Gasteiger partial charge in [-0.25, -0.2) is 0 Å². The first kappa shape index (κ1) is 27.8. The second-order valence-corrected chi connectivity index (χ2v) is 9.81. The average Bonchev–Trinajstić information content (AvgIpc) is 3.46. The Kier molecular flexibility index (Phi) is 8.26. The van der Waals surface area contributed by atoms with Gasteiger partial charge < -0.3 is 28.4 Å². The van der Waals surface area contributed by atoms with Crippen molar-refractivity contribution in [1.82, 2.24) is 9.80 Å². The average molecular weight is 575 g/mol. The second kappa shape index (κ2) is 12.2. The molecule has 5 rings (SSSR count). The molecule has 0 bridgehead atoms. The van der Waals surface area contributed by atoms with Crippen molar-refractivity contribution in [2.24, 2.45) is 0 Å². The van der Waals surface area contributed by atoms with E-state index in [2.05, 4.69) is 6.58 Å². The number of halogens is 1. The normalized spacial score (nSPS) is 11.8. The van der Waals surface area contributed by atoms with E-state index in [0.717, 1.165) is 5.56 Å². The number of benzene rings is 3. The topological polar surface area (TPSA) is 98.5 Å². The van der Waals surface area contributed by atoms with Gasteiger partial charge in [0.1, 0.15) is 17.9 Å². The van der Waals surface area contributed by atoms with E-state index in [0.29, 0.717) is 38.8 Å². The van der Waals surface area contributed by atoms with Gasteiger partial charge >= 0.3 is 0 Å². The maximum atomic E-state index is 13.8. The minimum absolute atomic E-state index is 0.0622. The monoisotopic (exact) mass is 574 g/mol. The van der Waals surface area contributed by atoms with Crippen molar-refractivity contribution in [3.63, 3.8) is 0 Å². The number of amides is 2. The molecule has 10 heteroatoms. The molecule has 0 saturated carbocycles. The molecule has 0 radical (unpaired) electrons. The highest BCUT2D eigenvalue weighted by Gasteiger charge is 2.24. The predicted molar refractivity (Wildman–Crippen MR) is 153 cm³/mol. The van der Waals surface area contributed by atoms with Crippen molar-refractivity contribution in [2.75, 3.05) is 27.0 Å². The standard InChI is InChI=1S/C31H27ClN2O7/c1-3-11-33(31(37)21-5-4-6-24(13-21)38-2)17-29(35)34(15-20-7-9-27-28(12-20)41-19-40-27)16-22-18-39-26-10-8-23(32)14-25(26)30(22)36/h3-10,12-14,18H,1,11,15-17,19H2,2H3. The first-order valence-electron chi connectivity index (χ1n) is 12.8. The fraction of sp³-hybridized carbons (Fsp3) is 0.194. The summed E-state index contributed by atoms with van der Waals surface area (Å²) in [4.78, 5) is 43.4. The quantitative estimate of drug-likeness (QED) is 0.245. The lowest BCUT2D eigenvalue weighted by atomic mass is 10.1. The van der Waals surface area contributed by atoms with E-state index in [1.54, 1.807) is 54.6 Å². The van der Waals surface area contributed by atoms with Crippen molar-refractivity contribution in [1.29, 1.82) is 0 Å². The van der Waals surface area contributed by atoms with E-state index in [4.69, 9.17) is 30.2 Å². The molecule has 210 valence electrons. The van der Waals surface area contributed by atoms with Gasteiger partial charge in [-0.05, 0) is 54.1 Å². The minimum Gasteiger partial charge on any atom is -0.497 e. The zero-order chi connectivity index (χ0) is 28.9. The Labute approximate surface area is 241 Å². The Morgan fingerprint density at radius 2 is 1.85 bits per heavy atom. The SMILES string of the molecule is C=CCN(CC(=O)N(Cc1ccc2c(c1)OCO2)Cc1coc2ccc(Cl)cc2c1=O)C(=O)c1cccc(OC)c1. The molecule has 41 heavy (non-hydrogen) atoms. The zero-order valence-electron chi connectivity index (χ0n) is 22.3. The van der Waals surface area contributed by atoms with E-state index in [1.807, 2.05) is 6.07 Å². The second-order valence-electron chi connectivity index (χ2n) is 9.37. The van der Waals surface area contributed by atoms with E-state index in [9.17, 15) is 14.4 Å². The molecule has 0 atom stereocenters. The van der Waals surface area contributed by atoms with E-state index >= 15 is 0 Å². The van der Waals surface area contributed by atoms with Crippen LogP contribution in [0.4, 0.5) is 0 Å². The highest BCUT2D eigenvalue weighted by molar-refractivity contribution is 6.31. The lowest BCUT2D eigenvalue weighted by molar-refractivity contribution is -0.133. The molecule has 0 saturated heterocycles. The lowest BCUT2D eigenvalue weighted by Gasteiger charge is -2.27. The smallest absolute Gasteiger partial charge is 0.254 e. The van der Waals surface area contributed by atoms with Crippen LogP contribution in [0.5, 0.6) is 17.2 Å². The van der Waals surface area contributed by atoms with Crippen LogP contribution < -0.4 is 19.6 Å². The minimum atomic E-state index is -0.383. The Morgan fingerprint density at radius 3 is 2.66 bits per heavy atom. The van der Waals surface area contributed by atoms with Crippen molar-refractivity contribution in [3.8, 4) is 17.2 Å². The van der Waals surface area contributed by atoms with Crippen molar-refractivity contribution in [2.45, 2.75) is 13.1 Å². The van der Waals surface area contributed by atoms with Gasteiger partial charge in [0.25, 0.3) is 5.91 Å². The number of nitrogens with zero attached hydrogens (tertiary/aromatic N) is 2. The molecule has 9 nitrogen and oxygen atoms in total. The van der Waals surface area contributed by atoms with Crippen molar-refractivity contribution in [3.05, 3.63) is 112 Å². The third-order valence-electron chi connectivity index (χ3n) is 6.61. The number of fused-ring (bicyclic) bond motifs is 2. The number of hydrogen-bond donors (Lipinski definition) is 0. The Bertz CT molecular complexity index is 1680. The van der Waals surface area contributed by atoms with Crippen LogP contribution in [-0.4, -0.2) is 48.6 Å². The molecule has 0 spiro atoms. The maximum Gasteiger partial charge on any atom is 0.254 e. The Balaban J connectivity index is 1.45. The highest BCUT2D eigenvalue weighted by atomic mass is 35.5. The number of methoxy groups -OCH3 is 1. The number of carbonyl (C=O) groups is 2. The third kappa shape index (κ3) is 6.20. The molecular formula is C31H27ClN2O7. The van der Waals surface area contributed by atoms with Gasteiger partial charge in [0, 0.05) is 23.7 Å². The van der Waals surface area contributed by atoms with Crippen LogP contribution in [0.3, 0.4) is 0 Å². The fourth-order valence-electron chi connectivity index (χ4n) is 4.53. The van der Waals surface area contributed by atoms with Crippen molar-refractivity contribution >= 4 is 34.4 Å². The van der Waals surface area contributed by atoms with Gasteiger partial charge in [-0.15, -0.1) is 6.58 Å². The largest absolute Gasteiger partial charge is 0.497 e. The first-order chi connectivity index (χ1) is 19.9. The summed E-state index contributed by atoms with van der Waals surface area (Å²) in [6.07, 6.45) is 2.90. The number of carbonyl (C=O) groups excluding carboxylic acids is 2. The van der Waals surface area contributed by atoms with Crippen LogP contribution in [0.2, 0.25) is 5.02 Å². The summed E-state index contributed by atoms with van der Waals surface area (Å²) in [7, 11) is 1.51. The Morgan fingerprint density at radius 1 is 1.02 bits per heavy atom. The summed E-state index contributed by atoms with van der Waals surface area (Å²) >= 11 is 6.12. The van der Waals surface area contributed by atoms with Crippen LogP contribution in [0.15, 0.2) is 88.8 Å². The summed E-state index contributed by atoms with van der Waals surface area (Å²) in [5.74, 6) is 0.954. The molecule has 4 aromatic rings. The van der Waals surface area contributed by atoms with Gasteiger partial charge in [0.2, 0.25) is 12.7 Å². The fourth-order valence-corrected chi connectivity index (χ4v) is 4.70. The van der Waals surface area contributed by atoms with Crippen LogP contribution in [0, 0.1) is 0 Å². The molecule has 1 aliphatic heterocycles. The molecule has 0 N–H and O–H groups in total. The number of rotatable bonds is 10. The van der Waals surface area contributed by atoms with Crippen LogP contribution >= 0.6 is 11.6 Å². The summed E-state index contributed by atoms with van der Waals surface area (Å²) in [6.45, 7) is 3.82. The van der Waals surface area contributed by atoms with Crippen LogP contribution in [0.1, 0.15) is 21.5 Å².